The Bertz CT molecular complexity index is 427. The van der Waals surface area contributed by atoms with Gasteiger partial charge in [-0.25, -0.2) is 0 Å². The summed E-state index contributed by atoms with van der Waals surface area (Å²) in [6, 6.07) is 0.0540. The van der Waals surface area contributed by atoms with Gasteiger partial charge in [0.1, 0.15) is 0 Å². The van der Waals surface area contributed by atoms with Gasteiger partial charge in [-0.15, -0.1) is 0 Å². The number of hydrogen-bond donors (Lipinski definition) is 1. The van der Waals surface area contributed by atoms with Crippen LogP contribution in [0, 0.1) is 5.41 Å². The summed E-state index contributed by atoms with van der Waals surface area (Å²) in [5, 5.41) is 0. The van der Waals surface area contributed by atoms with Crippen molar-refractivity contribution in [2.24, 2.45) is 11.1 Å². The predicted octanol–water partition coefficient (Wildman–Crippen LogP) is 4.18. The SMILES string of the molecule is C=C(C)C1=C(C=CC(=O)CCC(C)(C)C)[C@@H](N)CC1.[HH]. The molecule has 0 saturated carbocycles. The zero-order valence-corrected chi connectivity index (χ0v) is 12.8. The molecular formula is C17H29NO. The monoisotopic (exact) mass is 263 g/mol. The number of carbonyl (C=O) groups is 1. The average Bonchev–Trinajstić information content (AvgIpc) is 2.64. The Morgan fingerprint density at radius 2 is 2.16 bits per heavy atom. The summed E-state index contributed by atoms with van der Waals surface area (Å²) in [7, 11) is 0. The third-order valence-electron chi connectivity index (χ3n) is 3.54. The average molecular weight is 263 g/mol. The van der Waals surface area contributed by atoms with Gasteiger partial charge >= 0.3 is 0 Å². The summed E-state index contributed by atoms with van der Waals surface area (Å²) >= 11 is 0. The van der Waals surface area contributed by atoms with Crippen molar-refractivity contribution < 1.29 is 6.22 Å². The van der Waals surface area contributed by atoms with Crippen LogP contribution in [0.1, 0.15) is 54.8 Å². The zero-order valence-electron chi connectivity index (χ0n) is 12.8. The van der Waals surface area contributed by atoms with Crippen molar-refractivity contribution in [3.05, 3.63) is 35.5 Å². The molecule has 1 atom stereocenters. The van der Waals surface area contributed by atoms with E-state index in [2.05, 4.69) is 27.4 Å². The first-order valence-corrected chi connectivity index (χ1v) is 7.06. The van der Waals surface area contributed by atoms with E-state index in [0.717, 1.165) is 30.4 Å². The lowest BCUT2D eigenvalue weighted by atomic mass is 9.89. The highest BCUT2D eigenvalue weighted by Gasteiger charge is 2.20. The van der Waals surface area contributed by atoms with Crippen LogP contribution in [-0.2, 0) is 4.79 Å². The molecule has 0 bridgehead atoms. The number of allylic oxidation sites excluding steroid dienone is 3. The van der Waals surface area contributed by atoms with Crippen LogP contribution in [0.5, 0.6) is 0 Å². The molecule has 1 rings (SSSR count). The third-order valence-corrected chi connectivity index (χ3v) is 3.54. The van der Waals surface area contributed by atoms with Crippen molar-refractivity contribution in [2.45, 2.75) is 59.4 Å². The van der Waals surface area contributed by atoms with E-state index in [4.69, 9.17) is 5.73 Å². The lowest BCUT2D eigenvalue weighted by molar-refractivity contribution is -0.115. The highest BCUT2D eigenvalue weighted by molar-refractivity contribution is 5.90. The molecule has 0 aromatic heterocycles. The van der Waals surface area contributed by atoms with Gasteiger partial charge in [0, 0.05) is 13.9 Å². The van der Waals surface area contributed by atoms with Crippen molar-refractivity contribution in [1.29, 1.82) is 0 Å². The van der Waals surface area contributed by atoms with Gasteiger partial charge in [-0.2, -0.15) is 0 Å². The van der Waals surface area contributed by atoms with E-state index in [0.29, 0.717) is 6.42 Å². The topological polar surface area (TPSA) is 43.1 Å². The highest BCUT2D eigenvalue weighted by atomic mass is 16.1. The summed E-state index contributed by atoms with van der Waals surface area (Å²) < 4.78 is 0. The van der Waals surface area contributed by atoms with Gasteiger partial charge in [0.2, 0.25) is 0 Å². The van der Waals surface area contributed by atoms with E-state index in [-0.39, 0.29) is 18.7 Å². The Morgan fingerprint density at radius 3 is 2.68 bits per heavy atom. The van der Waals surface area contributed by atoms with Gasteiger partial charge in [0.15, 0.2) is 5.78 Å². The summed E-state index contributed by atoms with van der Waals surface area (Å²) in [6.45, 7) is 12.4. The van der Waals surface area contributed by atoms with Gasteiger partial charge in [-0.1, -0.05) is 39.0 Å². The summed E-state index contributed by atoms with van der Waals surface area (Å²) in [5.41, 5.74) is 9.67. The first kappa shape index (κ1) is 15.9. The molecule has 0 spiro atoms. The van der Waals surface area contributed by atoms with E-state index in [9.17, 15) is 4.79 Å². The Balaban J connectivity index is 0.00000361. The molecule has 0 aromatic carbocycles. The molecule has 0 aromatic rings. The largest absolute Gasteiger partial charge is 0.324 e. The first-order chi connectivity index (χ1) is 8.70. The maximum atomic E-state index is 11.9. The lowest BCUT2D eigenvalue weighted by Gasteiger charge is -2.16. The van der Waals surface area contributed by atoms with Gasteiger partial charge in [-0.3, -0.25) is 4.79 Å². The summed E-state index contributed by atoms with van der Waals surface area (Å²) in [5.74, 6) is 0.183. The predicted molar refractivity (Wildman–Crippen MR) is 84.0 cm³/mol. The molecule has 0 unspecified atom stereocenters. The standard InChI is InChI=1S/C17H27NO.H2/c1-12(2)14-8-9-16(18)15(14)7-6-13(19)10-11-17(3,4)5;/h6-7,16H,1,8-11,18H2,2-5H3;1H/t16-;/m0./s1. The third kappa shape index (κ3) is 5.15. The number of ketones is 1. The normalized spacial score (nSPS) is 20.4. The summed E-state index contributed by atoms with van der Waals surface area (Å²) in [6.07, 6.45) is 7.05. The minimum absolute atomic E-state index is 0. The summed E-state index contributed by atoms with van der Waals surface area (Å²) in [4.78, 5) is 11.9. The molecule has 0 amide bonds. The van der Waals surface area contributed by atoms with Crippen molar-refractivity contribution in [1.82, 2.24) is 0 Å². The van der Waals surface area contributed by atoms with Crippen LogP contribution in [0.2, 0.25) is 0 Å². The molecule has 0 radical (unpaired) electrons. The minimum atomic E-state index is 0. The fourth-order valence-corrected chi connectivity index (χ4v) is 2.27. The molecule has 0 heterocycles. The van der Waals surface area contributed by atoms with Crippen molar-refractivity contribution in [3.63, 3.8) is 0 Å². The van der Waals surface area contributed by atoms with Crippen LogP contribution in [0.3, 0.4) is 0 Å². The van der Waals surface area contributed by atoms with Gasteiger partial charge < -0.3 is 5.73 Å². The molecule has 0 fully saturated rings. The van der Waals surface area contributed by atoms with Crippen LogP contribution in [0.25, 0.3) is 0 Å². The highest BCUT2D eigenvalue weighted by Crippen LogP contribution is 2.30. The molecule has 1 aliphatic rings. The van der Waals surface area contributed by atoms with E-state index in [1.165, 1.54) is 5.57 Å². The smallest absolute Gasteiger partial charge is 0.155 e. The number of rotatable bonds is 5. The maximum absolute atomic E-state index is 11.9. The second-order valence-electron chi connectivity index (χ2n) is 6.72. The van der Waals surface area contributed by atoms with Gasteiger partial charge in [0.25, 0.3) is 0 Å². The molecule has 0 aliphatic heterocycles. The first-order valence-electron chi connectivity index (χ1n) is 7.06. The molecule has 19 heavy (non-hydrogen) atoms. The van der Waals surface area contributed by atoms with E-state index in [1.54, 1.807) is 6.08 Å². The van der Waals surface area contributed by atoms with Crippen LogP contribution in [0.4, 0.5) is 0 Å². The van der Waals surface area contributed by atoms with Crippen molar-refractivity contribution >= 4 is 5.78 Å². The minimum Gasteiger partial charge on any atom is -0.324 e. The molecule has 0 saturated heterocycles. The maximum Gasteiger partial charge on any atom is 0.155 e. The molecule has 2 nitrogen and oxygen atoms in total. The van der Waals surface area contributed by atoms with E-state index < -0.39 is 0 Å². The second-order valence-corrected chi connectivity index (χ2v) is 6.72. The zero-order chi connectivity index (χ0) is 14.6. The number of nitrogens with two attached hydrogens (primary N) is 1. The molecule has 2 heteroatoms. The van der Waals surface area contributed by atoms with Crippen LogP contribution >= 0.6 is 0 Å². The second kappa shape index (κ2) is 6.33. The molecule has 108 valence electrons. The van der Waals surface area contributed by atoms with Crippen molar-refractivity contribution in [2.75, 3.05) is 0 Å². The van der Waals surface area contributed by atoms with Gasteiger partial charge in [0.05, 0.1) is 0 Å². The lowest BCUT2D eigenvalue weighted by Crippen LogP contribution is -2.18. The fraction of sp³-hybridized carbons (Fsp3) is 0.588. The molecule has 1 aliphatic carbocycles. The Labute approximate surface area is 118 Å². The van der Waals surface area contributed by atoms with Gasteiger partial charge in [-0.05, 0) is 48.8 Å². The Morgan fingerprint density at radius 1 is 1.53 bits per heavy atom. The van der Waals surface area contributed by atoms with Crippen LogP contribution < -0.4 is 5.73 Å². The Hall–Kier alpha value is -1.15. The van der Waals surface area contributed by atoms with E-state index >= 15 is 0 Å². The fourth-order valence-electron chi connectivity index (χ4n) is 2.27. The molecular weight excluding hydrogens is 234 g/mol. The number of hydrogen-bond acceptors (Lipinski definition) is 2. The van der Waals surface area contributed by atoms with Crippen molar-refractivity contribution in [3.8, 4) is 0 Å². The Kier molecular flexibility index (Phi) is 5.30. The number of carbonyl (C=O) groups excluding carboxylic acids is 1. The molecule has 2 N–H and O–H groups in total. The van der Waals surface area contributed by atoms with E-state index in [1.807, 2.05) is 13.0 Å². The quantitative estimate of drug-likeness (QED) is 0.756. The van der Waals surface area contributed by atoms with Crippen LogP contribution in [0.15, 0.2) is 35.5 Å². The van der Waals surface area contributed by atoms with Crippen LogP contribution in [-0.4, -0.2) is 11.8 Å².